The first-order valence-electron chi connectivity index (χ1n) is 6.32. The molecular formula is C16H20Si. The smallest absolute Gasteiger partial charge is 0.127 e. The third-order valence-electron chi connectivity index (χ3n) is 2.97. The fraction of sp³-hybridized carbons (Fsp3) is 0.375. The molecule has 0 fully saturated rings. The van der Waals surface area contributed by atoms with E-state index in [0.29, 0.717) is 5.92 Å². The molecule has 1 aliphatic carbocycles. The Labute approximate surface area is 106 Å². The molecule has 0 N–H and O–H groups in total. The highest BCUT2D eigenvalue weighted by atomic mass is 28.3. The Balaban J connectivity index is 1.98. The predicted molar refractivity (Wildman–Crippen MR) is 77.5 cm³/mol. The minimum Gasteiger partial charge on any atom is -0.127 e. The summed E-state index contributed by atoms with van der Waals surface area (Å²) < 4.78 is 0. The maximum atomic E-state index is 3.46. The quantitative estimate of drug-likeness (QED) is 0.540. The molecule has 0 saturated carbocycles. The summed E-state index contributed by atoms with van der Waals surface area (Å²) in [5, 5.41) is 0. The highest BCUT2D eigenvalue weighted by molar-refractivity contribution is 6.83. The van der Waals surface area contributed by atoms with Crippen LogP contribution in [0.5, 0.6) is 0 Å². The van der Waals surface area contributed by atoms with Gasteiger partial charge in [-0.1, -0.05) is 62.0 Å². The monoisotopic (exact) mass is 240 g/mol. The Morgan fingerprint density at radius 3 is 2.41 bits per heavy atom. The average Bonchev–Trinajstić information content (AvgIpc) is 2.24. The highest BCUT2D eigenvalue weighted by Gasteiger charge is 2.20. The number of rotatable bonds is 2. The molecule has 0 bridgehead atoms. The summed E-state index contributed by atoms with van der Waals surface area (Å²) >= 11 is 0. The summed E-state index contributed by atoms with van der Waals surface area (Å²) in [5.41, 5.74) is 6.26. The molecule has 2 rings (SSSR count). The Hall–Kier alpha value is -1.26. The van der Waals surface area contributed by atoms with Crippen LogP contribution in [0.1, 0.15) is 12.0 Å². The van der Waals surface area contributed by atoms with Crippen LogP contribution in [0.25, 0.3) is 0 Å². The third-order valence-corrected chi connectivity index (χ3v) is 3.84. The number of hydrogen-bond acceptors (Lipinski definition) is 0. The van der Waals surface area contributed by atoms with E-state index in [1.54, 1.807) is 0 Å². The van der Waals surface area contributed by atoms with Crippen molar-refractivity contribution in [3.8, 4) is 11.5 Å². The van der Waals surface area contributed by atoms with Crippen LogP contribution in [-0.2, 0) is 6.42 Å². The van der Waals surface area contributed by atoms with Crippen molar-refractivity contribution < 1.29 is 0 Å². The molecule has 1 aromatic rings. The minimum atomic E-state index is -1.23. The topological polar surface area (TPSA) is 0 Å². The molecule has 0 aromatic heterocycles. The van der Waals surface area contributed by atoms with Crippen molar-refractivity contribution >= 4 is 8.07 Å². The zero-order chi connectivity index (χ0) is 12.3. The molecule has 17 heavy (non-hydrogen) atoms. The summed E-state index contributed by atoms with van der Waals surface area (Å²) in [6, 6.07) is 10.7. The van der Waals surface area contributed by atoms with Crippen LogP contribution in [0.15, 0.2) is 42.0 Å². The van der Waals surface area contributed by atoms with E-state index in [2.05, 4.69) is 67.5 Å². The number of benzene rings is 1. The molecule has 0 saturated heterocycles. The van der Waals surface area contributed by atoms with Crippen molar-refractivity contribution in [2.75, 3.05) is 0 Å². The van der Waals surface area contributed by atoms with Gasteiger partial charge in [0.25, 0.3) is 0 Å². The molecule has 0 amide bonds. The summed E-state index contributed by atoms with van der Waals surface area (Å²) in [6.45, 7) is 6.89. The van der Waals surface area contributed by atoms with E-state index in [4.69, 9.17) is 0 Å². The van der Waals surface area contributed by atoms with Gasteiger partial charge in [0.05, 0.1) is 0 Å². The Morgan fingerprint density at radius 2 is 1.88 bits per heavy atom. The maximum absolute atomic E-state index is 3.46. The zero-order valence-electron chi connectivity index (χ0n) is 11.0. The van der Waals surface area contributed by atoms with Gasteiger partial charge in [0, 0.05) is 5.57 Å². The van der Waals surface area contributed by atoms with Crippen molar-refractivity contribution in [1.29, 1.82) is 0 Å². The molecule has 1 aliphatic rings. The van der Waals surface area contributed by atoms with Crippen LogP contribution in [0.2, 0.25) is 19.6 Å². The van der Waals surface area contributed by atoms with Crippen molar-refractivity contribution in [2.24, 2.45) is 5.92 Å². The van der Waals surface area contributed by atoms with Crippen molar-refractivity contribution in [2.45, 2.75) is 32.5 Å². The molecule has 1 atom stereocenters. The molecule has 1 aromatic carbocycles. The lowest BCUT2D eigenvalue weighted by Crippen LogP contribution is -2.19. The van der Waals surface area contributed by atoms with Gasteiger partial charge >= 0.3 is 0 Å². The molecular weight excluding hydrogens is 220 g/mol. The number of allylic oxidation sites excluding steroid dienone is 2. The van der Waals surface area contributed by atoms with Crippen LogP contribution in [-0.4, -0.2) is 8.07 Å². The van der Waals surface area contributed by atoms with Crippen LogP contribution < -0.4 is 0 Å². The molecule has 0 spiro atoms. The maximum Gasteiger partial charge on any atom is 0.129 e. The minimum absolute atomic E-state index is 0.668. The normalized spacial score (nSPS) is 18.8. The van der Waals surface area contributed by atoms with Crippen LogP contribution in [0.3, 0.4) is 0 Å². The molecule has 88 valence electrons. The van der Waals surface area contributed by atoms with Gasteiger partial charge in [-0.2, -0.15) is 0 Å². The third kappa shape index (κ3) is 3.61. The summed E-state index contributed by atoms with van der Waals surface area (Å²) in [7, 11) is -1.23. The van der Waals surface area contributed by atoms with E-state index in [9.17, 15) is 0 Å². The van der Waals surface area contributed by atoms with Gasteiger partial charge in [-0.3, -0.25) is 0 Å². The highest BCUT2D eigenvalue weighted by Crippen LogP contribution is 2.29. The largest absolute Gasteiger partial charge is 0.129 e. The number of hydrogen-bond donors (Lipinski definition) is 0. The molecule has 0 nitrogen and oxygen atoms in total. The van der Waals surface area contributed by atoms with Crippen molar-refractivity contribution in [1.82, 2.24) is 0 Å². The summed E-state index contributed by atoms with van der Waals surface area (Å²) in [4.78, 5) is 0. The van der Waals surface area contributed by atoms with E-state index in [1.807, 2.05) is 0 Å². The Morgan fingerprint density at radius 1 is 1.18 bits per heavy atom. The Kier molecular flexibility index (Phi) is 3.54. The summed E-state index contributed by atoms with van der Waals surface area (Å²) in [5.74, 6) is 4.07. The van der Waals surface area contributed by atoms with Gasteiger partial charge in [-0.05, 0) is 24.3 Å². The predicted octanol–water partition coefficient (Wildman–Crippen LogP) is 4.06. The van der Waals surface area contributed by atoms with Crippen molar-refractivity contribution in [3.05, 3.63) is 47.5 Å². The molecule has 0 heterocycles. The average molecular weight is 240 g/mol. The van der Waals surface area contributed by atoms with Gasteiger partial charge in [0.15, 0.2) is 0 Å². The lowest BCUT2D eigenvalue weighted by atomic mass is 9.81. The van der Waals surface area contributed by atoms with Crippen molar-refractivity contribution in [3.63, 3.8) is 0 Å². The van der Waals surface area contributed by atoms with Gasteiger partial charge in [-0.15, -0.1) is 5.54 Å². The first kappa shape index (κ1) is 12.2. The zero-order valence-corrected chi connectivity index (χ0v) is 12.0. The fourth-order valence-electron chi connectivity index (χ4n) is 1.91. The standard InChI is InChI=1S/C16H20Si/c1-17(2,3)12-11-15-9-10-16(15)13-14-7-5-4-6-8-14/h4-9,16H,10,13H2,1-3H3. The second kappa shape index (κ2) is 4.94. The first-order chi connectivity index (χ1) is 8.04. The van der Waals surface area contributed by atoms with E-state index in [0.717, 1.165) is 6.42 Å². The molecule has 0 radical (unpaired) electrons. The second-order valence-electron chi connectivity index (χ2n) is 5.78. The second-order valence-corrected chi connectivity index (χ2v) is 10.5. The fourth-order valence-corrected chi connectivity index (χ4v) is 2.43. The molecule has 1 unspecified atom stereocenters. The SMILES string of the molecule is C[Si](C)(C)C#CC1=CCC1Cc1ccccc1. The van der Waals surface area contributed by atoms with Gasteiger partial charge in [0.2, 0.25) is 0 Å². The molecule has 1 heteroatoms. The van der Waals surface area contributed by atoms with E-state index in [-0.39, 0.29) is 0 Å². The van der Waals surface area contributed by atoms with Gasteiger partial charge in [0.1, 0.15) is 8.07 Å². The Bertz CT molecular complexity index is 466. The van der Waals surface area contributed by atoms with Crippen LogP contribution >= 0.6 is 0 Å². The van der Waals surface area contributed by atoms with E-state index in [1.165, 1.54) is 17.6 Å². The lowest BCUT2D eigenvalue weighted by molar-refractivity contribution is 0.581. The van der Waals surface area contributed by atoms with E-state index < -0.39 is 8.07 Å². The van der Waals surface area contributed by atoms with Gasteiger partial charge in [-0.25, -0.2) is 0 Å². The van der Waals surface area contributed by atoms with Crippen LogP contribution in [0, 0.1) is 17.4 Å². The summed E-state index contributed by atoms with van der Waals surface area (Å²) in [6.07, 6.45) is 4.64. The van der Waals surface area contributed by atoms with Gasteiger partial charge < -0.3 is 0 Å². The lowest BCUT2D eigenvalue weighted by Gasteiger charge is -2.23. The first-order valence-corrected chi connectivity index (χ1v) is 9.82. The van der Waals surface area contributed by atoms with E-state index >= 15 is 0 Å². The van der Waals surface area contributed by atoms with Crippen LogP contribution in [0.4, 0.5) is 0 Å². The molecule has 0 aliphatic heterocycles.